The van der Waals surface area contributed by atoms with Crippen molar-refractivity contribution in [3.05, 3.63) is 35.8 Å². The average molecular weight is 274 g/mol. The summed E-state index contributed by atoms with van der Waals surface area (Å²) in [6.45, 7) is 7.69. The number of ether oxygens (including phenoxy) is 1. The van der Waals surface area contributed by atoms with Gasteiger partial charge in [-0.25, -0.2) is 4.98 Å². The van der Waals surface area contributed by atoms with E-state index in [-0.39, 0.29) is 0 Å². The van der Waals surface area contributed by atoms with Crippen molar-refractivity contribution >= 4 is 0 Å². The molecule has 0 saturated heterocycles. The lowest BCUT2D eigenvalue weighted by atomic mass is 10.1. The largest absolute Gasteiger partial charge is 0.436 e. The molecule has 2 heterocycles. The molecule has 0 amide bonds. The lowest BCUT2D eigenvalue weighted by molar-refractivity contribution is 0.457. The smallest absolute Gasteiger partial charge is 0.219 e. The zero-order chi connectivity index (χ0) is 14.5. The number of hydrogen-bond acceptors (Lipinski definition) is 4. The van der Waals surface area contributed by atoms with E-state index in [1.54, 1.807) is 6.20 Å². The molecule has 2 N–H and O–H groups in total. The van der Waals surface area contributed by atoms with Crippen LogP contribution in [-0.4, -0.2) is 14.8 Å². The minimum atomic E-state index is 0.340. The van der Waals surface area contributed by atoms with Crippen LogP contribution in [-0.2, 0) is 13.1 Å². The van der Waals surface area contributed by atoms with Gasteiger partial charge in [-0.05, 0) is 24.0 Å². The molecule has 0 aliphatic carbocycles. The summed E-state index contributed by atoms with van der Waals surface area (Å²) in [4.78, 5) is 4.52. The normalized spacial score (nSPS) is 11.1. The van der Waals surface area contributed by atoms with Crippen molar-refractivity contribution in [2.75, 3.05) is 0 Å². The quantitative estimate of drug-likeness (QED) is 0.879. The summed E-state index contributed by atoms with van der Waals surface area (Å²) in [5, 5.41) is 4.24. The number of nitrogens with zero attached hydrogens (tertiary/aromatic N) is 3. The Morgan fingerprint density at radius 3 is 2.80 bits per heavy atom. The topological polar surface area (TPSA) is 66.0 Å². The molecule has 108 valence electrons. The standard InChI is InChI=1S/C15H22N4O/c1-4-5-19-10-13(9-17-19)20-15-7-12(8-16)6-14(18-15)11(2)3/h6-7,9-11H,4-5,8,16H2,1-3H3. The van der Waals surface area contributed by atoms with Crippen LogP contribution < -0.4 is 10.5 Å². The van der Waals surface area contributed by atoms with E-state index < -0.39 is 0 Å². The third kappa shape index (κ3) is 3.57. The SMILES string of the molecule is CCCn1cc(Oc2cc(CN)cc(C(C)C)n2)cn1. The molecule has 0 aliphatic heterocycles. The number of aromatic nitrogens is 3. The van der Waals surface area contributed by atoms with Crippen LogP contribution in [0.1, 0.15) is 44.4 Å². The summed E-state index contributed by atoms with van der Waals surface area (Å²) in [5.41, 5.74) is 7.74. The van der Waals surface area contributed by atoms with E-state index in [9.17, 15) is 0 Å². The van der Waals surface area contributed by atoms with Gasteiger partial charge in [0.2, 0.25) is 5.88 Å². The highest BCUT2D eigenvalue weighted by molar-refractivity contribution is 5.29. The Balaban J connectivity index is 2.20. The molecular formula is C15H22N4O. The van der Waals surface area contributed by atoms with E-state index in [1.165, 1.54) is 0 Å². The fourth-order valence-electron chi connectivity index (χ4n) is 1.92. The first-order chi connectivity index (χ1) is 9.62. The minimum Gasteiger partial charge on any atom is -0.436 e. The molecule has 0 aliphatic rings. The van der Waals surface area contributed by atoms with Crippen molar-refractivity contribution in [3.8, 4) is 11.6 Å². The van der Waals surface area contributed by atoms with Crippen molar-refractivity contribution in [1.29, 1.82) is 0 Å². The van der Waals surface area contributed by atoms with Crippen molar-refractivity contribution in [1.82, 2.24) is 14.8 Å². The lowest BCUT2D eigenvalue weighted by Crippen LogP contribution is -2.02. The Labute approximate surface area is 119 Å². The van der Waals surface area contributed by atoms with E-state index >= 15 is 0 Å². The van der Waals surface area contributed by atoms with Gasteiger partial charge >= 0.3 is 0 Å². The zero-order valence-electron chi connectivity index (χ0n) is 12.3. The molecule has 2 aromatic heterocycles. The molecule has 5 heteroatoms. The maximum absolute atomic E-state index is 5.79. The van der Waals surface area contributed by atoms with Crippen molar-refractivity contribution in [2.24, 2.45) is 5.73 Å². The van der Waals surface area contributed by atoms with Gasteiger partial charge in [0.15, 0.2) is 5.75 Å². The van der Waals surface area contributed by atoms with Crippen LogP contribution in [0.15, 0.2) is 24.5 Å². The number of aryl methyl sites for hydroxylation is 1. The molecular weight excluding hydrogens is 252 g/mol. The average Bonchev–Trinajstić information content (AvgIpc) is 2.86. The van der Waals surface area contributed by atoms with Gasteiger partial charge in [-0.1, -0.05) is 20.8 Å². The molecule has 5 nitrogen and oxygen atoms in total. The fourth-order valence-corrected chi connectivity index (χ4v) is 1.92. The van der Waals surface area contributed by atoms with Gasteiger partial charge in [0.1, 0.15) is 0 Å². The van der Waals surface area contributed by atoms with Crippen LogP contribution in [0, 0.1) is 0 Å². The third-order valence-corrected chi connectivity index (χ3v) is 2.99. The van der Waals surface area contributed by atoms with E-state index in [1.807, 2.05) is 23.0 Å². The van der Waals surface area contributed by atoms with E-state index in [0.29, 0.717) is 24.1 Å². The van der Waals surface area contributed by atoms with Crippen LogP contribution in [0.5, 0.6) is 11.6 Å². The van der Waals surface area contributed by atoms with Gasteiger partial charge in [-0.3, -0.25) is 4.68 Å². The second kappa shape index (κ2) is 6.52. The molecule has 0 unspecified atom stereocenters. The third-order valence-electron chi connectivity index (χ3n) is 2.99. The molecule has 2 aromatic rings. The summed E-state index contributed by atoms with van der Waals surface area (Å²) >= 11 is 0. The minimum absolute atomic E-state index is 0.340. The molecule has 0 fully saturated rings. The Morgan fingerprint density at radius 2 is 2.15 bits per heavy atom. The van der Waals surface area contributed by atoms with E-state index in [2.05, 4.69) is 30.9 Å². The van der Waals surface area contributed by atoms with Gasteiger partial charge < -0.3 is 10.5 Å². The molecule has 0 bridgehead atoms. The summed E-state index contributed by atoms with van der Waals surface area (Å²) in [6.07, 6.45) is 4.64. The Kier molecular flexibility index (Phi) is 4.74. The second-order valence-corrected chi connectivity index (χ2v) is 5.14. The van der Waals surface area contributed by atoms with Crippen molar-refractivity contribution in [3.63, 3.8) is 0 Å². The highest BCUT2D eigenvalue weighted by Crippen LogP contribution is 2.23. The number of nitrogens with two attached hydrogens (primary N) is 1. The molecule has 2 rings (SSSR count). The Morgan fingerprint density at radius 1 is 1.35 bits per heavy atom. The fraction of sp³-hybridized carbons (Fsp3) is 0.467. The molecule has 0 aromatic carbocycles. The van der Waals surface area contributed by atoms with Gasteiger partial charge in [0.25, 0.3) is 0 Å². The Hall–Kier alpha value is -1.88. The number of rotatable bonds is 6. The molecule has 0 atom stereocenters. The molecule has 0 saturated carbocycles. The maximum atomic E-state index is 5.79. The zero-order valence-corrected chi connectivity index (χ0v) is 12.3. The summed E-state index contributed by atoms with van der Waals surface area (Å²) in [7, 11) is 0. The van der Waals surface area contributed by atoms with E-state index in [0.717, 1.165) is 24.2 Å². The van der Waals surface area contributed by atoms with Crippen molar-refractivity contribution in [2.45, 2.75) is 46.2 Å². The predicted molar refractivity (Wildman–Crippen MR) is 78.8 cm³/mol. The second-order valence-electron chi connectivity index (χ2n) is 5.14. The first-order valence-corrected chi connectivity index (χ1v) is 7.03. The highest BCUT2D eigenvalue weighted by Gasteiger charge is 2.08. The highest BCUT2D eigenvalue weighted by atomic mass is 16.5. The summed E-state index contributed by atoms with van der Waals surface area (Å²) < 4.78 is 7.66. The summed E-state index contributed by atoms with van der Waals surface area (Å²) in [5.74, 6) is 1.62. The first-order valence-electron chi connectivity index (χ1n) is 7.03. The van der Waals surface area contributed by atoms with Gasteiger partial charge in [0, 0.05) is 24.8 Å². The summed E-state index contributed by atoms with van der Waals surface area (Å²) in [6, 6.07) is 3.90. The van der Waals surface area contributed by atoms with Crippen LogP contribution >= 0.6 is 0 Å². The first kappa shape index (κ1) is 14.5. The Bertz CT molecular complexity index is 563. The lowest BCUT2D eigenvalue weighted by Gasteiger charge is -2.10. The van der Waals surface area contributed by atoms with Crippen molar-refractivity contribution < 1.29 is 4.74 Å². The van der Waals surface area contributed by atoms with Gasteiger partial charge in [0.05, 0.1) is 12.4 Å². The monoisotopic (exact) mass is 274 g/mol. The van der Waals surface area contributed by atoms with Gasteiger partial charge in [-0.2, -0.15) is 5.10 Å². The maximum Gasteiger partial charge on any atom is 0.219 e. The van der Waals surface area contributed by atoms with E-state index in [4.69, 9.17) is 10.5 Å². The van der Waals surface area contributed by atoms with Crippen LogP contribution in [0.2, 0.25) is 0 Å². The predicted octanol–water partition coefficient (Wildman–Crippen LogP) is 3.06. The number of pyridine rings is 1. The molecule has 0 radical (unpaired) electrons. The molecule has 20 heavy (non-hydrogen) atoms. The number of hydrogen-bond donors (Lipinski definition) is 1. The van der Waals surface area contributed by atoms with Crippen LogP contribution in [0.25, 0.3) is 0 Å². The van der Waals surface area contributed by atoms with Crippen LogP contribution in [0.4, 0.5) is 0 Å². The molecule has 0 spiro atoms. The van der Waals surface area contributed by atoms with Crippen LogP contribution in [0.3, 0.4) is 0 Å². The van der Waals surface area contributed by atoms with Gasteiger partial charge in [-0.15, -0.1) is 0 Å².